The van der Waals surface area contributed by atoms with Crippen LogP contribution in [-0.4, -0.2) is 31.2 Å². The molecule has 0 heterocycles. The molecule has 7 nitrogen and oxygen atoms in total. The molecular weight excluding hydrogens is 264 g/mol. The fraction of sp³-hybridized carbons (Fsp3) is 0.308. The molecule has 0 aliphatic heterocycles. The van der Waals surface area contributed by atoms with Crippen LogP contribution in [0, 0.1) is 0 Å². The highest BCUT2D eigenvalue weighted by atomic mass is 16.5. The minimum absolute atomic E-state index is 0.0196. The topological polar surface area (TPSA) is 108 Å². The fourth-order valence-electron chi connectivity index (χ4n) is 1.30. The lowest BCUT2D eigenvalue weighted by molar-refractivity contribution is -0.118. The van der Waals surface area contributed by atoms with Crippen LogP contribution in [0.25, 0.3) is 0 Å². The van der Waals surface area contributed by atoms with Crippen LogP contribution in [-0.2, 0) is 14.3 Å². The largest absolute Gasteiger partial charge is 0.462 e. The summed E-state index contributed by atoms with van der Waals surface area (Å²) in [4.78, 5) is 33.2. The van der Waals surface area contributed by atoms with E-state index in [0.29, 0.717) is 11.3 Å². The first-order valence-corrected chi connectivity index (χ1v) is 6.02. The van der Waals surface area contributed by atoms with Crippen molar-refractivity contribution in [3.8, 4) is 0 Å². The molecule has 0 spiro atoms. The second kappa shape index (κ2) is 7.78. The van der Waals surface area contributed by atoms with Crippen LogP contribution >= 0.6 is 0 Å². The molecule has 108 valence electrons. The zero-order valence-electron chi connectivity index (χ0n) is 11.0. The Morgan fingerprint density at radius 2 is 1.80 bits per heavy atom. The normalized spacial score (nSPS) is 9.65. The van der Waals surface area contributed by atoms with Gasteiger partial charge >= 0.3 is 12.1 Å². The van der Waals surface area contributed by atoms with Gasteiger partial charge in [-0.1, -0.05) is 0 Å². The van der Waals surface area contributed by atoms with Gasteiger partial charge in [0.1, 0.15) is 6.61 Å². The van der Waals surface area contributed by atoms with Gasteiger partial charge in [0.2, 0.25) is 5.91 Å². The van der Waals surface area contributed by atoms with Crippen LogP contribution in [0.15, 0.2) is 24.3 Å². The molecular formula is C13H16N2O5. The fourth-order valence-corrected chi connectivity index (χ4v) is 1.30. The molecule has 3 N–H and O–H groups in total. The van der Waals surface area contributed by atoms with Crippen molar-refractivity contribution < 1.29 is 23.9 Å². The number of carbonyl (C=O) groups is 3. The molecule has 0 bridgehead atoms. The van der Waals surface area contributed by atoms with E-state index >= 15 is 0 Å². The summed E-state index contributed by atoms with van der Waals surface area (Å²) >= 11 is 0. The third kappa shape index (κ3) is 5.38. The summed E-state index contributed by atoms with van der Waals surface area (Å²) in [7, 11) is 0. The van der Waals surface area contributed by atoms with Crippen molar-refractivity contribution in [3.63, 3.8) is 0 Å². The van der Waals surface area contributed by atoms with Crippen molar-refractivity contribution >= 4 is 23.7 Å². The molecule has 0 radical (unpaired) electrons. The number of carbonyl (C=O) groups excluding carboxylic acids is 3. The number of rotatable bonds is 6. The molecule has 0 saturated heterocycles. The third-order valence-corrected chi connectivity index (χ3v) is 2.22. The minimum atomic E-state index is -0.565. The Morgan fingerprint density at radius 1 is 1.15 bits per heavy atom. The molecule has 0 saturated carbocycles. The van der Waals surface area contributed by atoms with E-state index in [4.69, 9.17) is 15.2 Å². The van der Waals surface area contributed by atoms with Gasteiger partial charge in [0.15, 0.2) is 0 Å². The molecule has 0 aromatic heterocycles. The number of hydrogen-bond donors (Lipinski definition) is 2. The van der Waals surface area contributed by atoms with E-state index in [1.54, 1.807) is 19.1 Å². The van der Waals surface area contributed by atoms with E-state index in [0.717, 1.165) is 0 Å². The lowest BCUT2D eigenvalue weighted by atomic mass is 10.2. The van der Waals surface area contributed by atoms with Crippen molar-refractivity contribution in [2.45, 2.75) is 13.3 Å². The lowest BCUT2D eigenvalue weighted by Crippen LogP contribution is -2.16. The Balaban J connectivity index is 2.51. The van der Waals surface area contributed by atoms with Crippen LogP contribution in [0.4, 0.5) is 10.5 Å². The summed E-state index contributed by atoms with van der Waals surface area (Å²) in [6.07, 6.45) is -0.585. The standard InChI is InChI=1S/C13H16N2O5/c1-2-19-13(18)15-10-5-3-9(4-6-10)12(17)20-8-7-11(14)16/h3-6H,2,7-8H2,1H3,(H2,14,16)(H,15,18). The highest BCUT2D eigenvalue weighted by Gasteiger charge is 2.08. The molecule has 0 aliphatic rings. The predicted octanol–water partition coefficient (Wildman–Crippen LogP) is 1.29. The van der Waals surface area contributed by atoms with Gasteiger partial charge in [-0.05, 0) is 31.2 Å². The smallest absolute Gasteiger partial charge is 0.411 e. The van der Waals surface area contributed by atoms with Crippen molar-refractivity contribution in [3.05, 3.63) is 29.8 Å². The molecule has 0 atom stereocenters. The van der Waals surface area contributed by atoms with E-state index in [2.05, 4.69) is 5.32 Å². The maximum atomic E-state index is 11.6. The summed E-state index contributed by atoms with van der Waals surface area (Å²) < 4.78 is 9.56. The number of benzene rings is 1. The highest BCUT2D eigenvalue weighted by Crippen LogP contribution is 2.11. The predicted molar refractivity (Wildman–Crippen MR) is 71.2 cm³/mol. The zero-order valence-corrected chi connectivity index (χ0v) is 11.0. The quantitative estimate of drug-likeness (QED) is 0.763. The maximum absolute atomic E-state index is 11.6. The first-order valence-electron chi connectivity index (χ1n) is 6.02. The summed E-state index contributed by atoms with van der Waals surface area (Å²) in [5.41, 5.74) is 5.73. The second-order valence-corrected chi connectivity index (χ2v) is 3.78. The number of nitrogens with one attached hydrogen (secondary N) is 1. The number of hydrogen-bond acceptors (Lipinski definition) is 5. The number of primary amides is 1. The Bertz CT molecular complexity index is 484. The number of esters is 1. The Morgan fingerprint density at radius 3 is 2.35 bits per heavy atom. The lowest BCUT2D eigenvalue weighted by Gasteiger charge is -2.06. The highest BCUT2D eigenvalue weighted by molar-refractivity contribution is 5.91. The number of anilines is 1. The summed E-state index contributed by atoms with van der Waals surface area (Å²) in [6, 6.07) is 6.07. The molecule has 0 aliphatic carbocycles. The maximum Gasteiger partial charge on any atom is 0.411 e. The van der Waals surface area contributed by atoms with E-state index in [-0.39, 0.29) is 19.6 Å². The van der Waals surface area contributed by atoms with Gasteiger partial charge in [0, 0.05) is 5.69 Å². The third-order valence-electron chi connectivity index (χ3n) is 2.22. The zero-order chi connectivity index (χ0) is 15.0. The van der Waals surface area contributed by atoms with Gasteiger partial charge in [-0.15, -0.1) is 0 Å². The average molecular weight is 280 g/mol. The summed E-state index contributed by atoms with van der Waals surface area (Å²) in [6.45, 7) is 1.91. The first kappa shape index (κ1) is 15.5. The van der Waals surface area contributed by atoms with Gasteiger partial charge in [0.05, 0.1) is 18.6 Å². The number of ether oxygens (including phenoxy) is 2. The van der Waals surface area contributed by atoms with Crippen molar-refractivity contribution in [1.29, 1.82) is 0 Å². The van der Waals surface area contributed by atoms with E-state index in [9.17, 15) is 14.4 Å². The van der Waals surface area contributed by atoms with Crippen LogP contribution in [0.1, 0.15) is 23.7 Å². The molecule has 0 unspecified atom stereocenters. The van der Waals surface area contributed by atoms with Gasteiger partial charge < -0.3 is 15.2 Å². The van der Waals surface area contributed by atoms with Crippen LogP contribution < -0.4 is 11.1 Å². The monoisotopic (exact) mass is 280 g/mol. The molecule has 20 heavy (non-hydrogen) atoms. The van der Waals surface area contributed by atoms with Crippen molar-refractivity contribution in [1.82, 2.24) is 0 Å². The molecule has 1 aromatic carbocycles. The Labute approximate surface area is 116 Å². The van der Waals surface area contributed by atoms with Crippen molar-refractivity contribution in [2.24, 2.45) is 5.73 Å². The van der Waals surface area contributed by atoms with E-state index < -0.39 is 18.0 Å². The molecule has 1 rings (SSSR count). The summed E-state index contributed by atoms with van der Waals surface area (Å²) in [5.74, 6) is -1.10. The van der Waals surface area contributed by atoms with Crippen LogP contribution in [0.2, 0.25) is 0 Å². The van der Waals surface area contributed by atoms with Crippen molar-refractivity contribution in [2.75, 3.05) is 18.5 Å². The van der Waals surface area contributed by atoms with Gasteiger partial charge in [0.25, 0.3) is 0 Å². The Kier molecular flexibility index (Phi) is 6.02. The minimum Gasteiger partial charge on any atom is -0.462 e. The van der Waals surface area contributed by atoms with E-state index in [1.165, 1.54) is 12.1 Å². The SMILES string of the molecule is CCOC(=O)Nc1ccc(C(=O)OCCC(N)=O)cc1. The molecule has 7 heteroatoms. The second-order valence-electron chi connectivity index (χ2n) is 3.78. The average Bonchev–Trinajstić information content (AvgIpc) is 2.39. The number of nitrogens with two attached hydrogens (primary N) is 1. The van der Waals surface area contributed by atoms with E-state index in [1.807, 2.05) is 0 Å². The van der Waals surface area contributed by atoms with Crippen LogP contribution in [0.3, 0.4) is 0 Å². The van der Waals surface area contributed by atoms with Gasteiger partial charge in [-0.2, -0.15) is 0 Å². The van der Waals surface area contributed by atoms with Crippen LogP contribution in [0.5, 0.6) is 0 Å². The van der Waals surface area contributed by atoms with Gasteiger partial charge in [-0.3, -0.25) is 10.1 Å². The molecule has 1 aromatic rings. The first-order chi connectivity index (χ1) is 9.52. The molecule has 2 amide bonds. The Hall–Kier alpha value is -2.57. The molecule has 0 fully saturated rings. The number of amides is 2. The van der Waals surface area contributed by atoms with Gasteiger partial charge in [-0.25, -0.2) is 9.59 Å². The summed E-state index contributed by atoms with van der Waals surface area (Å²) in [5, 5.41) is 2.49.